The van der Waals surface area contributed by atoms with Crippen molar-refractivity contribution in [1.29, 1.82) is 0 Å². The van der Waals surface area contributed by atoms with Crippen LogP contribution in [0.1, 0.15) is 12.8 Å². The van der Waals surface area contributed by atoms with Crippen molar-refractivity contribution in [3.05, 3.63) is 37.0 Å². The van der Waals surface area contributed by atoms with Crippen LogP contribution in [0.2, 0.25) is 0 Å². The van der Waals surface area contributed by atoms with Crippen LogP contribution in [0.25, 0.3) is 0 Å². The summed E-state index contributed by atoms with van der Waals surface area (Å²) >= 11 is 0. The van der Waals surface area contributed by atoms with E-state index in [1.54, 1.807) is 0 Å². The minimum atomic E-state index is 0.307. The molecule has 2 aliphatic rings. The summed E-state index contributed by atoms with van der Waals surface area (Å²) in [7, 11) is 0. The Morgan fingerprint density at radius 2 is 2.50 bits per heavy atom. The predicted octanol–water partition coefficient (Wildman–Crippen LogP) is 2.69. The lowest BCUT2D eigenvalue weighted by Gasteiger charge is -2.17. The number of fused-ring (bicyclic) bond motifs is 2. The summed E-state index contributed by atoms with van der Waals surface area (Å²) in [5, 5.41) is 0. The van der Waals surface area contributed by atoms with Crippen LogP contribution in [0.15, 0.2) is 37.0 Å². The molecule has 2 unspecified atom stereocenters. The molecular weight excluding hydrogens is 120 g/mol. The molecule has 0 saturated heterocycles. The quantitative estimate of drug-likeness (QED) is 0.481. The fourth-order valence-electron chi connectivity index (χ4n) is 2.04. The molecule has 10 heavy (non-hydrogen) atoms. The summed E-state index contributed by atoms with van der Waals surface area (Å²) in [5.74, 6) is 0.665. The van der Waals surface area contributed by atoms with Crippen molar-refractivity contribution >= 4 is 0 Å². The predicted molar refractivity (Wildman–Crippen MR) is 43.6 cm³/mol. The average Bonchev–Trinajstić information content (AvgIpc) is 2.45. The molecule has 0 aromatic rings. The van der Waals surface area contributed by atoms with Gasteiger partial charge in [-0.25, -0.2) is 0 Å². The van der Waals surface area contributed by atoms with E-state index >= 15 is 0 Å². The normalized spacial score (nSPS) is 42.8. The maximum atomic E-state index is 4.03. The van der Waals surface area contributed by atoms with E-state index in [0.29, 0.717) is 11.3 Å². The highest BCUT2D eigenvalue weighted by atomic mass is 14.4. The van der Waals surface area contributed by atoms with Gasteiger partial charge in [0.25, 0.3) is 0 Å². The summed E-state index contributed by atoms with van der Waals surface area (Å²) < 4.78 is 0. The lowest BCUT2D eigenvalue weighted by molar-refractivity contribution is 0.531. The minimum Gasteiger partial charge on any atom is -0.102 e. The molecule has 52 valence electrons. The molecule has 0 aliphatic heterocycles. The van der Waals surface area contributed by atoms with E-state index in [2.05, 4.69) is 31.4 Å². The van der Waals surface area contributed by atoms with Gasteiger partial charge in [0.05, 0.1) is 0 Å². The highest BCUT2D eigenvalue weighted by molar-refractivity contribution is 5.33. The largest absolute Gasteiger partial charge is 0.102 e. The highest BCUT2D eigenvalue weighted by Crippen LogP contribution is 2.52. The third-order valence-electron chi connectivity index (χ3n) is 2.75. The van der Waals surface area contributed by atoms with Crippen LogP contribution < -0.4 is 0 Å². The first-order valence-corrected chi connectivity index (χ1v) is 3.76. The van der Waals surface area contributed by atoms with Crippen molar-refractivity contribution in [2.45, 2.75) is 12.8 Å². The van der Waals surface area contributed by atoms with Gasteiger partial charge < -0.3 is 0 Å². The molecule has 2 rings (SSSR count). The highest BCUT2D eigenvalue weighted by Gasteiger charge is 2.40. The monoisotopic (exact) mass is 132 g/mol. The van der Waals surface area contributed by atoms with Gasteiger partial charge in [-0.2, -0.15) is 0 Å². The Kier molecular flexibility index (Phi) is 0.971. The van der Waals surface area contributed by atoms with Crippen molar-refractivity contribution in [1.82, 2.24) is 0 Å². The van der Waals surface area contributed by atoms with Crippen molar-refractivity contribution in [3.8, 4) is 0 Å². The standard InChI is InChI=1S/C10H12/c1-3-10-5-4-9(7-10)8(2)6-10/h3-5,9H,1-2,6-7H2. The van der Waals surface area contributed by atoms with Crippen LogP contribution in [0, 0.1) is 11.3 Å². The van der Waals surface area contributed by atoms with Gasteiger partial charge in [0, 0.05) is 5.41 Å². The van der Waals surface area contributed by atoms with Crippen LogP contribution in [0.4, 0.5) is 0 Å². The van der Waals surface area contributed by atoms with Crippen molar-refractivity contribution in [2.24, 2.45) is 11.3 Å². The molecule has 0 heterocycles. The minimum absolute atomic E-state index is 0.307. The first-order chi connectivity index (χ1) is 4.76. The van der Waals surface area contributed by atoms with Crippen LogP contribution in [-0.4, -0.2) is 0 Å². The first-order valence-electron chi connectivity index (χ1n) is 3.76. The Morgan fingerprint density at radius 3 is 2.80 bits per heavy atom. The van der Waals surface area contributed by atoms with E-state index in [0.717, 1.165) is 6.42 Å². The lowest BCUT2D eigenvalue weighted by atomic mass is 9.87. The SMILES string of the molecule is C=CC12C=CC(C1)C(=C)C2. The summed E-state index contributed by atoms with van der Waals surface area (Å²) in [6.45, 7) is 7.89. The van der Waals surface area contributed by atoms with Gasteiger partial charge in [0.1, 0.15) is 0 Å². The van der Waals surface area contributed by atoms with E-state index in [1.807, 2.05) is 0 Å². The second-order valence-corrected chi connectivity index (χ2v) is 3.44. The third kappa shape index (κ3) is 0.566. The Morgan fingerprint density at radius 1 is 1.70 bits per heavy atom. The van der Waals surface area contributed by atoms with Crippen molar-refractivity contribution in [3.63, 3.8) is 0 Å². The molecule has 0 aromatic heterocycles. The van der Waals surface area contributed by atoms with E-state index < -0.39 is 0 Å². The Hall–Kier alpha value is -0.780. The van der Waals surface area contributed by atoms with Crippen LogP contribution >= 0.6 is 0 Å². The van der Waals surface area contributed by atoms with Crippen molar-refractivity contribution in [2.75, 3.05) is 0 Å². The molecule has 2 atom stereocenters. The van der Waals surface area contributed by atoms with E-state index in [-0.39, 0.29) is 0 Å². The molecule has 0 aromatic carbocycles. The summed E-state index contributed by atoms with van der Waals surface area (Å²) in [5.41, 5.74) is 1.70. The number of allylic oxidation sites excluding steroid dienone is 4. The molecule has 0 spiro atoms. The average molecular weight is 132 g/mol. The first kappa shape index (κ1) is 5.96. The van der Waals surface area contributed by atoms with Crippen LogP contribution in [0.3, 0.4) is 0 Å². The van der Waals surface area contributed by atoms with Gasteiger partial charge in [0.15, 0.2) is 0 Å². The fourth-order valence-corrected chi connectivity index (χ4v) is 2.04. The third-order valence-corrected chi connectivity index (χ3v) is 2.75. The Bertz CT molecular complexity index is 222. The molecule has 1 fully saturated rings. The zero-order chi connectivity index (χ0) is 7.19. The van der Waals surface area contributed by atoms with Gasteiger partial charge in [-0.1, -0.05) is 30.4 Å². The summed E-state index contributed by atoms with van der Waals surface area (Å²) in [4.78, 5) is 0. The van der Waals surface area contributed by atoms with Gasteiger partial charge >= 0.3 is 0 Å². The zero-order valence-electron chi connectivity index (χ0n) is 6.14. The topological polar surface area (TPSA) is 0 Å². The second-order valence-electron chi connectivity index (χ2n) is 3.44. The molecule has 0 heteroatoms. The van der Waals surface area contributed by atoms with E-state index in [9.17, 15) is 0 Å². The van der Waals surface area contributed by atoms with Gasteiger partial charge in [-0.3, -0.25) is 0 Å². The lowest BCUT2D eigenvalue weighted by Crippen LogP contribution is -2.05. The molecule has 0 nitrogen and oxygen atoms in total. The van der Waals surface area contributed by atoms with E-state index in [1.165, 1.54) is 12.0 Å². The number of hydrogen-bond acceptors (Lipinski definition) is 0. The van der Waals surface area contributed by atoms with Crippen LogP contribution in [0.5, 0.6) is 0 Å². The molecule has 1 saturated carbocycles. The molecule has 0 radical (unpaired) electrons. The fraction of sp³-hybridized carbons (Fsp3) is 0.400. The smallest absolute Gasteiger partial charge is 0.0104 e. The Balaban J connectivity index is 2.39. The van der Waals surface area contributed by atoms with Gasteiger partial charge in [-0.15, -0.1) is 6.58 Å². The van der Waals surface area contributed by atoms with Crippen molar-refractivity contribution < 1.29 is 0 Å². The van der Waals surface area contributed by atoms with Gasteiger partial charge in [-0.05, 0) is 18.8 Å². The molecule has 0 N–H and O–H groups in total. The maximum Gasteiger partial charge on any atom is 0.0104 e. The Labute approximate surface area is 61.9 Å². The maximum absolute atomic E-state index is 4.03. The summed E-state index contributed by atoms with van der Waals surface area (Å²) in [6, 6.07) is 0. The van der Waals surface area contributed by atoms with Crippen LogP contribution in [-0.2, 0) is 0 Å². The number of rotatable bonds is 1. The molecule has 2 aliphatic carbocycles. The van der Waals surface area contributed by atoms with E-state index in [4.69, 9.17) is 0 Å². The molecular formula is C10H12. The molecule has 0 amide bonds. The van der Waals surface area contributed by atoms with Gasteiger partial charge in [0.2, 0.25) is 0 Å². The molecule has 2 bridgehead atoms. The zero-order valence-corrected chi connectivity index (χ0v) is 6.14. The number of hydrogen-bond donors (Lipinski definition) is 0. The second kappa shape index (κ2) is 1.63. The summed E-state index contributed by atoms with van der Waals surface area (Å²) in [6.07, 6.45) is 9.00.